The number of amides is 1. The topological polar surface area (TPSA) is 124 Å². The number of benzene rings is 1. The second kappa shape index (κ2) is 8.72. The molecule has 9 nitrogen and oxygen atoms in total. The van der Waals surface area contributed by atoms with Gasteiger partial charge in [0.05, 0.1) is 17.3 Å². The highest BCUT2D eigenvalue weighted by atomic mass is 19.1. The monoisotopic (exact) mass is 498 g/mol. The number of rotatable bonds is 5. The smallest absolute Gasteiger partial charge is 0.270 e. The molecule has 1 amide bonds. The first kappa shape index (κ1) is 23.2. The highest BCUT2D eigenvalue weighted by Crippen LogP contribution is 2.40. The van der Waals surface area contributed by atoms with E-state index >= 15 is 0 Å². The fourth-order valence-electron chi connectivity index (χ4n) is 5.15. The van der Waals surface area contributed by atoms with Gasteiger partial charge in [0.25, 0.3) is 5.91 Å². The van der Waals surface area contributed by atoms with Gasteiger partial charge in [-0.05, 0) is 44.9 Å². The number of fused-ring (bicyclic) bond motifs is 2. The first-order valence-corrected chi connectivity index (χ1v) is 12.5. The first-order valence-electron chi connectivity index (χ1n) is 12.5. The molecule has 3 aromatic heterocycles. The highest BCUT2D eigenvalue weighted by molar-refractivity contribution is 6.04. The van der Waals surface area contributed by atoms with Crippen molar-refractivity contribution < 1.29 is 9.18 Å². The van der Waals surface area contributed by atoms with Crippen LogP contribution in [-0.2, 0) is 12.0 Å². The van der Waals surface area contributed by atoms with Crippen molar-refractivity contribution in [2.45, 2.75) is 57.5 Å². The minimum atomic E-state index is -0.690. The Bertz CT molecular complexity index is 1570. The van der Waals surface area contributed by atoms with Crippen molar-refractivity contribution in [3.05, 3.63) is 65.2 Å². The number of halogens is 1. The summed E-state index contributed by atoms with van der Waals surface area (Å²) in [5, 5.41) is 8.56. The molecule has 4 aromatic rings. The number of nitrogens with two attached hydrogens (primary N) is 1. The van der Waals surface area contributed by atoms with Crippen LogP contribution in [0.3, 0.4) is 0 Å². The zero-order valence-electron chi connectivity index (χ0n) is 20.7. The molecule has 3 N–H and O–H groups in total. The molecule has 188 valence electrons. The van der Waals surface area contributed by atoms with Gasteiger partial charge in [-0.3, -0.25) is 4.79 Å². The lowest BCUT2D eigenvalue weighted by Crippen LogP contribution is -2.38. The van der Waals surface area contributed by atoms with E-state index in [4.69, 9.17) is 20.8 Å². The number of amidine groups is 1. The van der Waals surface area contributed by atoms with Crippen LogP contribution in [0.15, 0.2) is 47.6 Å². The van der Waals surface area contributed by atoms with E-state index in [9.17, 15) is 9.18 Å². The van der Waals surface area contributed by atoms with E-state index in [2.05, 4.69) is 15.3 Å². The minimum absolute atomic E-state index is 0.120. The number of hydrogen-bond acceptors (Lipinski definition) is 7. The van der Waals surface area contributed by atoms with Gasteiger partial charge in [-0.2, -0.15) is 5.10 Å². The lowest BCUT2D eigenvalue weighted by Gasteiger charge is -2.22. The Morgan fingerprint density at radius 2 is 1.95 bits per heavy atom. The minimum Gasteiger partial charge on any atom is -0.386 e. The maximum Gasteiger partial charge on any atom is 0.270 e. The quantitative estimate of drug-likeness (QED) is 0.428. The van der Waals surface area contributed by atoms with Gasteiger partial charge in [0.15, 0.2) is 17.3 Å². The lowest BCUT2D eigenvalue weighted by atomic mass is 9.84. The SMILES string of the molecule is CC1(C)C(N)=Nc2nc(-c3nn(Cc4ccccc4F)c4ncccc34)nc(C(=O)NC3CCCC3)c21. The van der Waals surface area contributed by atoms with Crippen LogP contribution in [0, 0.1) is 5.82 Å². The summed E-state index contributed by atoms with van der Waals surface area (Å²) < 4.78 is 16.0. The van der Waals surface area contributed by atoms with Crippen LogP contribution in [0.25, 0.3) is 22.6 Å². The Hall–Kier alpha value is -4.21. The Morgan fingerprint density at radius 1 is 1.16 bits per heavy atom. The van der Waals surface area contributed by atoms with Gasteiger partial charge in [0.1, 0.15) is 23.0 Å². The molecular weight excluding hydrogens is 471 g/mol. The van der Waals surface area contributed by atoms with Crippen molar-refractivity contribution in [2.24, 2.45) is 10.7 Å². The average Bonchev–Trinajstić information content (AvgIpc) is 3.58. The van der Waals surface area contributed by atoms with Crippen molar-refractivity contribution in [3.8, 4) is 11.5 Å². The molecular formula is C27H27FN8O. The van der Waals surface area contributed by atoms with Crippen molar-refractivity contribution in [1.29, 1.82) is 0 Å². The van der Waals surface area contributed by atoms with Gasteiger partial charge in [0, 0.05) is 23.4 Å². The van der Waals surface area contributed by atoms with Crippen LogP contribution in [-0.4, -0.2) is 42.5 Å². The lowest BCUT2D eigenvalue weighted by molar-refractivity contribution is 0.0931. The molecule has 1 fully saturated rings. The summed E-state index contributed by atoms with van der Waals surface area (Å²) in [6.45, 7) is 4.00. The second-order valence-corrected chi connectivity index (χ2v) is 10.1. The van der Waals surface area contributed by atoms with Crippen LogP contribution in [0.4, 0.5) is 10.2 Å². The van der Waals surface area contributed by atoms with Crippen LogP contribution >= 0.6 is 0 Å². The largest absolute Gasteiger partial charge is 0.386 e. The number of aromatic nitrogens is 5. The van der Waals surface area contributed by atoms with Gasteiger partial charge < -0.3 is 11.1 Å². The molecule has 37 heavy (non-hydrogen) atoms. The molecule has 0 spiro atoms. The highest BCUT2D eigenvalue weighted by Gasteiger charge is 2.40. The van der Waals surface area contributed by atoms with E-state index in [0.29, 0.717) is 39.5 Å². The van der Waals surface area contributed by atoms with Crippen molar-refractivity contribution in [1.82, 2.24) is 30.0 Å². The molecule has 0 bridgehead atoms. The number of carbonyl (C=O) groups excluding carboxylic acids is 1. The Kier molecular flexibility index (Phi) is 5.47. The Morgan fingerprint density at radius 3 is 2.73 bits per heavy atom. The Balaban J connectivity index is 1.49. The number of aliphatic imine (C=N–C) groups is 1. The van der Waals surface area contributed by atoms with Crippen LogP contribution in [0.5, 0.6) is 0 Å². The predicted molar refractivity (Wildman–Crippen MR) is 138 cm³/mol. The van der Waals surface area contributed by atoms with Crippen molar-refractivity contribution in [2.75, 3.05) is 0 Å². The van der Waals surface area contributed by atoms with Gasteiger partial charge in [-0.1, -0.05) is 31.0 Å². The normalized spacial score (nSPS) is 16.7. The molecule has 1 aliphatic heterocycles. The first-order chi connectivity index (χ1) is 17.8. The molecule has 1 aromatic carbocycles. The number of nitrogens with zero attached hydrogens (tertiary/aromatic N) is 6. The molecule has 10 heteroatoms. The summed E-state index contributed by atoms with van der Waals surface area (Å²) >= 11 is 0. The molecule has 6 rings (SSSR count). The number of pyridine rings is 1. The molecule has 0 unspecified atom stereocenters. The van der Waals surface area contributed by atoms with Crippen LogP contribution < -0.4 is 11.1 Å². The third-order valence-electron chi connectivity index (χ3n) is 7.28. The maximum atomic E-state index is 14.4. The van der Waals surface area contributed by atoms with E-state index in [1.54, 1.807) is 35.1 Å². The number of nitrogens with one attached hydrogen (secondary N) is 1. The summed E-state index contributed by atoms with van der Waals surface area (Å²) in [6, 6.07) is 10.3. The fraction of sp³-hybridized carbons (Fsp3) is 0.333. The van der Waals surface area contributed by atoms with E-state index in [1.165, 1.54) is 6.07 Å². The van der Waals surface area contributed by atoms with E-state index in [-0.39, 0.29) is 35.8 Å². The zero-order chi connectivity index (χ0) is 25.7. The molecule has 4 heterocycles. The second-order valence-electron chi connectivity index (χ2n) is 10.1. The average molecular weight is 499 g/mol. The van der Waals surface area contributed by atoms with Gasteiger partial charge in [-0.15, -0.1) is 0 Å². The molecule has 0 saturated heterocycles. The summed E-state index contributed by atoms with van der Waals surface area (Å²) in [6.07, 6.45) is 5.74. The third kappa shape index (κ3) is 3.92. The van der Waals surface area contributed by atoms with Crippen molar-refractivity contribution >= 4 is 28.6 Å². The summed E-state index contributed by atoms with van der Waals surface area (Å²) in [5.74, 6) is 0.397. The molecule has 2 aliphatic rings. The Labute approximate surface area is 213 Å². The van der Waals surface area contributed by atoms with E-state index in [1.807, 2.05) is 19.9 Å². The fourth-order valence-corrected chi connectivity index (χ4v) is 5.15. The summed E-state index contributed by atoms with van der Waals surface area (Å²) in [7, 11) is 0. The van der Waals surface area contributed by atoms with Gasteiger partial charge in [-0.25, -0.2) is 29.0 Å². The van der Waals surface area contributed by atoms with E-state index in [0.717, 1.165) is 25.7 Å². The molecule has 0 radical (unpaired) electrons. The third-order valence-corrected chi connectivity index (χ3v) is 7.28. The van der Waals surface area contributed by atoms with Gasteiger partial charge >= 0.3 is 0 Å². The number of hydrogen-bond donors (Lipinski definition) is 2. The maximum absolute atomic E-state index is 14.4. The van der Waals surface area contributed by atoms with Crippen LogP contribution in [0.2, 0.25) is 0 Å². The van der Waals surface area contributed by atoms with E-state index < -0.39 is 5.41 Å². The number of carbonyl (C=O) groups is 1. The zero-order valence-corrected chi connectivity index (χ0v) is 20.7. The summed E-state index contributed by atoms with van der Waals surface area (Å²) in [5.41, 5.74) is 7.92. The predicted octanol–water partition coefficient (Wildman–Crippen LogP) is 4.03. The summed E-state index contributed by atoms with van der Waals surface area (Å²) in [4.78, 5) is 31.9. The van der Waals surface area contributed by atoms with Crippen LogP contribution in [0.1, 0.15) is 61.1 Å². The van der Waals surface area contributed by atoms with Gasteiger partial charge in [0.2, 0.25) is 0 Å². The molecule has 1 aliphatic carbocycles. The standard InChI is InChI=1S/C27H27FN8O/c1-27(2)19-21(25(37)31-16-9-4-5-10-16)32-23(33-22(19)34-26(27)29)20-17-11-7-13-30-24(17)36(35-20)14-15-8-3-6-12-18(15)28/h3,6-8,11-13,16H,4-5,9-10,14H2,1-2H3,(H,31,37)(H2,29,32,33,34). The molecule has 1 saturated carbocycles. The van der Waals surface area contributed by atoms with Crippen molar-refractivity contribution in [3.63, 3.8) is 0 Å². The molecule has 0 atom stereocenters.